The van der Waals surface area contributed by atoms with Crippen molar-refractivity contribution in [2.45, 2.75) is 5.51 Å². The van der Waals surface area contributed by atoms with Gasteiger partial charge in [0.25, 0.3) is 0 Å². The summed E-state index contributed by atoms with van der Waals surface area (Å²) in [5, 5.41) is 5.24. The van der Waals surface area contributed by atoms with Gasteiger partial charge >= 0.3 is 32.7 Å². The van der Waals surface area contributed by atoms with Gasteiger partial charge in [-0.1, -0.05) is 182 Å². The summed E-state index contributed by atoms with van der Waals surface area (Å²) in [6.07, 6.45) is 0. The molecule has 0 aliphatic heterocycles. The van der Waals surface area contributed by atoms with Gasteiger partial charge in [-0.2, -0.15) is 21.6 Å². The van der Waals surface area contributed by atoms with E-state index in [0.29, 0.717) is 0 Å². The largest absolute Gasteiger partial charge is 1.00 e. The Balaban J connectivity index is 0.000000215. The Kier molecular flexibility index (Phi) is 14.2. The van der Waals surface area contributed by atoms with E-state index < -0.39 is 29.9 Å². The maximum absolute atomic E-state index is 13.8. The summed E-state index contributed by atoms with van der Waals surface area (Å²) < 4.78 is 85.2. The molecule has 6 aromatic rings. The van der Waals surface area contributed by atoms with Gasteiger partial charge in [-0.3, -0.25) is 4.55 Å². The molecule has 0 aromatic heterocycles. The van der Waals surface area contributed by atoms with Crippen molar-refractivity contribution in [3.63, 3.8) is 0 Å². The van der Waals surface area contributed by atoms with Crippen LogP contribution in [0.1, 0.15) is 0 Å². The Morgan fingerprint density at radius 3 is 0.612 bits per heavy atom. The number of hydrogen-bond acceptors (Lipinski definition) is 4. The molecule has 0 aliphatic carbocycles. The van der Waals surface area contributed by atoms with E-state index in [4.69, 9.17) is 13.0 Å². The van der Waals surface area contributed by atoms with E-state index in [-0.39, 0.29) is 17.1 Å². The molecule has 0 bridgehead atoms. The van der Waals surface area contributed by atoms with Gasteiger partial charge in [-0.25, -0.2) is 0 Å². The Labute approximate surface area is 294 Å². The van der Waals surface area contributed by atoms with Gasteiger partial charge in [0.2, 0.25) is 0 Å². The van der Waals surface area contributed by atoms with Crippen LogP contribution in [0.15, 0.2) is 182 Å². The fraction of sp³-hybridized carbons (Fsp3) is 0.0270. The molecule has 12 heteroatoms. The summed E-state index contributed by atoms with van der Waals surface area (Å²) in [7, 11) is -11.4. The molecule has 0 amide bonds. The molecule has 0 aliphatic rings. The van der Waals surface area contributed by atoms with Crippen LogP contribution in [0, 0.1) is 0 Å². The van der Waals surface area contributed by atoms with Gasteiger partial charge < -0.3 is 9.13 Å². The van der Waals surface area contributed by atoms with Crippen molar-refractivity contribution in [3.05, 3.63) is 182 Å². The summed E-state index contributed by atoms with van der Waals surface area (Å²) in [5.74, 6) is 0. The van der Waals surface area contributed by atoms with Gasteiger partial charge in [0.1, 0.15) is 0 Å². The van der Waals surface area contributed by atoms with Crippen LogP contribution in [0.3, 0.4) is 0 Å². The summed E-state index contributed by atoms with van der Waals surface area (Å²) in [6.45, 7) is 0. The second kappa shape index (κ2) is 17.6. The van der Waals surface area contributed by atoms with Crippen molar-refractivity contribution < 1.29 is 52.3 Å². The van der Waals surface area contributed by atoms with Gasteiger partial charge in [0.15, 0.2) is 14.3 Å². The molecule has 0 radical (unpaired) electrons. The molecular weight excluding hydrogens is 739 g/mol. The molecule has 1 N–H and O–H groups in total. The van der Waals surface area contributed by atoms with E-state index >= 15 is 0 Å². The molecular formula is C37H31CuF3O5P2S+. The van der Waals surface area contributed by atoms with Crippen LogP contribution < -0.4 is 31.8 Å². The van der Waals surface area contributed by atoms with E-state index in [2.05, 4.69) is 0 Å². The van der Waals surface area contributed by atoms with Crippen LogP contribution in [-0.4, -0.2) is 18.5 Å². The Morgan fingerprint density at radius 1 is 0.388 bits per heavy atom. The zero-order valence-electron chi connectivity index (χ0n) is 25.6. The Bertz CT molecular complexity index is 1730. The number of alkyl halides is 3. The minimum absolute atomic E-state index is 0. The second-order valence-corrected chi connectivity index (χ2v) is 17.1. The first-order valence-corrected chi connectivity index (χ1v) is 19.3. The number of rotatable bonds is 6. The maximum Gasteiger partial charge on any atom is 1.00 e. The van der Waals surface area contributed by atoms with E-state index in [0.717, 1.165) is 31.8 Å². The zero-order valence-corrected chi connectivity index (χ0v) is 29.2. The van der Waals surface area contributed by atoms with Crippen LogP contribution in [-0.2, 0) is 36.3 Å². The summed E-state index contributed by atoms with van der Waals surface area (Å²) in [5.41, 5.74) is -5.53. The smallest absolute Gasteiger partial charge is 0.309 e. The molecule has 0 unspecified atom stereocenters. The fourth-order valence-corrected chi connectivity index (χ4v) is 10.1. The monoisotopic (exact) mass is 769 g/mol. The Morgan fingerprint density at radius 2 is 0.510 bits per heavy atom. The van der Waals surface area contributed by atoms with Crippen LogP contribution in [0.4, 0.5) is 13.2 Å². The minimum Gasteiger partial charge on any atom is -0.309 e. The van der Waals surface area contributed by atoms with Crippen molar-refractivity contribution in [2.24, 2.45) is 0 Å². The second-order valence-electron chi connectivity index (χ2n) is 10.2. The third-order valence-corrected chi connectivity index (χ3v) is 13.7. The predicted octanol–water partition coefficient (Wildman–Crippen LogP) is 7.04. The van der Waals surface area contributed by atoms with Crippen molar-refractivity contribution in [2.75, 3.05) is 0 Å². The molecule has 0 fully saturated rings. The SMILES string of the molecule is O=P(c1ccccc1)(c1ccccc1)c1ccccc1.O=P(c1ccccc1)(c1ccccc1)c1ccccc1.O=S(=O)(O)C(F)(F)F.[Cu+]. The van der Waals surface area contributed by atoms with Gasteiger partial charge in [-0.15, -0.1) is 0 Å². The quantitative estimate of drug-likeness (QED) is 0.0851. The zero-order chi connectivity index (χ0) is 34.7. The molecule has 49 heavy (non-hydrogen) atoms. The minimum atomic E-state index is -5.84. The van der Waals surface area contributed by atoms with Crippen molar-refractivity contribution >= 4 is 56.2 Å². The molecule has 6 aromatic carbocycles. The predicted molar refractivity (Wildman–Crippen MR) is 189 cm³/mol. The van der Waals surface area contributed by atoms with E-state index in [9.17, 15) is 22.3 Å². The molecule has 0 saturated heterocycles. The standard InChI is InChI=1S/2C18H15OP.CHF3O3S.Cu/c2*19-20(16-10-4-1-5-11-16,17-12-6-2-7-13-17)18-14-8-3-9-15-18;2-1(3,4)8(5,6)7;/h2*1-15H;(H,5,6,7);/q;;;+1. The third kappa shape index (κ3) is 9.80. The molecule has 6 rings (SSSR count). The first kappa shape index (κ1) is 39.4. The van der Waals surface area contributed by atoms with E-state index in [1.807, 2.05) is 182 Å². The van der Waals surface area contributed by atoms with Crippen LogP contribution >= 0.6 is 14.3 Å². The van der Waals surface area contributed by atoms with E-state index in [1.165, 1.54) is 0 Å². The van der Waals surface area contributed by atoms with Crippen molar-refractivity contribution in [1.29, 1.82) is 0 Å². The topological polar surface area (TPSA) is 88.5 Å². The summed E-state index contributed by atoms with van der Waals surface area (Å²) >= 11 is 0. The first-order valence-electron chi connectivity index (χ1n) is 14.5. The molecule has 256 valence electrons. The number of hydrogen-bond donors (Lipinski definition) is 1. The average Bonchev–Trinajstić information content (AvgIpc) is 3.13. The molecule has 5 nitrogen and oxygen atoms in total. The average molecular weight is 770 g/mol. The number of benzene rings is 6. The van der Waals surface area contributed by atoms with Crippen molar-refractivity contribution in [3.8, 4) is 0 Å². The van der Waals surface area contributed by atoms with Crippen LogP contribution in [0.2, 0.25) is 0 Å². The maximum atomic E-state index is 13.8. The summed E-state index contributed by atoms with van der Waals surface area (Å²) in [6, 6.07) is 58.3. The number of halogens is 3. The van der Waals surface area contributed by atoms with Crippen LogP contribution in [0.25, 0.3) is 0 Å². The Hall–Kier alpha value is -4.00. The van der Waals surface area contributed by atoms with Gasteiger partial charge in [0, 0.05) is 31.8 Å². The molecule has 0 saturated carbocycles. The molecule has 0 spiro atoms. The molecule has 0 heterocycles. The van der Waals surface area contributed by atoms with Gasteiger partial charge in [0.05, 0.1) is 0 Å². The first-order chi connectivity index (χ1) is 22.9. The normalized spacial score (nSPS) is 11.4. The van der Waals surface area contributed by atoms with Gasteiger partial charge in [-0.05, 0) is 0 Å². The third-order valence-electron chi connectivity index (χ3n) is 7.01. The van der Waals surface area contributed by atoms with E-state index in [1.54, 1.807) is 0 Å². The molecule has 0 atom stereocenters. The fourth-order valence-electron chi connectivity index (χ4n) is 4.72. The summed E-state index contributed by atoms with van der Waals surface area (Å²) in [4.78, 5) is 0. The van der Waals surface area contributed by atoms with Crippen molar-refractivity contribution in [1.82, 2.24) is 0 Å². The van der Waals surface area contributed by atoms with Crippen LogP contribution in [0.5, 0.6) is 0 Å².